The Kier molecular flexibility index (Phi) is 5.23. The van der Waals surface area contributed by atoms with Gasteiger partial charge in [-0.25, -0.2) is 0 Å². The van der Waals surface area contributed by atoms with Gasteiger partial charge < -0.3 is 15.1 Å². The zero-order chi connectivity index (χ0) is 24.8. The number of rotatable bonds is 3. The summed E-state index contributed by atoms with van der Waals surface area (Å²) in [5.41, 5.74) is 4.56. The molecule has 2 unspecified atom stereocenters. The number of phenolic OH excluding ortho intramolecular Hbond substituents is 2. The van der Waals surface area contributed by atoms with E-state index in [1.54, 1.807) is 12.1 Å². The highest BCUT2D eigenvalue weighted by Gasteiger charge is 2.43. The first-order chi connectivity index (χ1) is 17.5. The summed E-state index contributed by atoms with van der Waals surface area (Å²) in [4.78, 5) is 16.2. The number of amides is 1. The van der Waals surface area contributed by atoms with Gasteiger partial charge in [-0.2, -0.15) is 0 Å². The second-order valence-corrected chi connectivity index (χ2v) is 9.30. The van der Waals surface area contributed by atoms with E-state index in [0.29, 0.717) is 16.7 Å². The van der Waals surface area contributed by atoms with Crippen molar-refractivity contribution in [2.45, 2.75) is 19.0 Å². The Hall–Kier alpha value is -4.57. The minimum atomic E-state index is -0.567. The molecule has 1 amide bonds. The van der Waals surface area contributed by atoms with Crippen molar-refractivity contribution in [3.8, 4) is 11.5 Å². The standard InChI is InChI=1S/C32H25NO3/c1-20-9-8-14-24(19-20)32(36)33-30(22-10-4-2-5-11-22)28-25(34)17-15-21-16-18-26(35)29(27(21)28)31(33)23-12-6-3-7-13-23/h2-19,30-31,34-35H,1H3. The normalized spacial score (nSPS) is 16.8. The van der Waals surface area contributed by atoms with Gasteiger partial charge in [0.2, 0.25) is 0 Å². The topological polar surface area (TPSA) is 60.8 Å². The molecule has 1 aliphatic rings. The van der Waals surface area contributed by atoms with Crippen LogP contribution in [0, 0.1) is 6.92 Å². The number of carbonyl (C=O) groups is 1. The molecule has 1 aliphatic heterocycles. The molecule has 6 rings (SSSR count). The number of carbonyl (C=O) groups excluding carboxylic acids is 1. The van der Waals surface area contributed by atoms with Crippen molar-refractivity contribution < 1.29 is 15.0 Å². The van der Waals surface area contributed by atoms with Gasteiger partial charge in [0.15, 0.2) is 0 Å². The molecule has 4 heteroatoms. The van der Waals surface area contributed by atoms with E-state index in [1.807, 2.05) is 109 Å². The number of phenols is 2. The van der Waals surface area contributed by atoms with E-state index < -0.39 is 12.1 Å². The summed E-state index contributed by atoms with van der Waals surface area (Å²) in [5.74, 6) is 0.0141. The summed E-state index contributed by atoms with van der Waals surface area (Å²) in [6, 6.07) is 33.0. The van der Waals surface area contributed by atoms with Crippen molar-refractivity contribution in [2.24, 2.45) is 0 Å². The predicted octanol–water partition coefficient (Wildman–Crippen LogP) is 6.89. The van der Waals surface area contributed by atoms with Gasteiger partial charge in [-0.15, -0.1) is 0 Å². The van der Waals surface area contributed by atoms with Crippen molar-refractivity contribution in [3.05, 3.63) is 143 Å². The molecule has 0 radical (unpaired) electrons. The fourth-order valence-electron chi connectivity index (χ4n) is 5.52. The lowest BCUT2D eigenvalue weighted by molar-refractivity contribution is 0.0634. The Bertz CT molecular complexity index is 1510. The van der Waals surface area contributed by atoms with Crippen molar-refractivity contribution in [3.63, 3.8) is 0 Å². The van der Waals surface area contributed by atoms with E-state index in [2.05, 4.69) is 0 Å². The van der Waals surface area contributed by atoms with Crippen LogP contribution in [0.4, 0.5) is 0 Å². The van der Waals surface area contributed by atoms with Gasteiger partial charge in [0, 0.05) is 22.1 Å². The van der Waals surface area contributed by atoms with E-state index in [0.717, 1.165) is 27.5 Å². The maximum absolute atomic E-state index is 14.4. The molecule has 0 aliphatic carbocycles. The summed E-state index contributed by atoms with van der Waals surface area (Å²) in [5, 5.41) is 24.2. The Morgan fingerprint density at radius 2 is 1.19 bits per heavy atom. The molecule has 0 spiro atoms. The maximum atomic E-state index is 14.4. The van der Waals surface area contributed by atoms with Gasteiger partial charge in [-0.05, 0) is 47.7 Å². The molecular formula is C32H25NO3. The SMILES string of the molecule is Cc1cccc(C(=O)N2C(c3ccccc3)c3c(O)ccc4ccc(O)c(c34)C2c2ccccc2)c1. The largest absolute Gasteiger partial charge is 0.508 e. The molecule has 2 atom stereocenters. The molecule has 5 aromatic carbocycles. The molecule has 0 fully saturated rings. The summed E-state index contributed by atoms with van der Waals surface area (Å²) >= 11 is 0. The molecule has 0 bridgehead atoms. The van der Waals surface area contributed by atoms with Crippen LogP contribution in [0.5, 0.6) is 11.5 Å². The van der Waals surface area contributed by atoms with E-state index in [1.165, 1.54) is 0 Å². The fourth-order valence-corrected chi connectivity index (χ4v) is 5.52. The highest BCUT2D eigenvalue weighted by molar-refractivity contribution is 6.00. The number of benzene rings is 5. The number of nitrogens with zero attached hydrogens (tertiary/aromatic N) is 1. The zero-order valence-corrected chi connectivity index (χ0v) is 19.8. The van der Waals surface area contributed by atoms with Crippen molar-refractivity contribution >= 4 is 16.7 Å². The first-order valence-electron chi connectivity index (χ1n) is 12.0. The highest BCUT2D eigenvalue weighted by Crippen LogP contribution is 2.53. The van der Waals surface area contributed by atoms with Crippen molar-refractivity contribution in [1.29, 1.82) is 0 Å². The Labute approximate surface area is 209 Å². The summed E-state index contributed by atoms with van der Waals surface area (Å²) in [6.07, 6.45) is 0. The maximum Gasteiger partial charge on any atom is 0.255 e. The zero-order valence-electron chi connectivity index (χ0n) is 19.8. The third-order valence-electron chi connectivity index (χ3n) is 7.05. The van der Waals surface area contributed by atoms with Crippen LogP contribution in [0.15, 0.2) is 109 Å². The van der Waals surface area contributed by atoms with Gasteiger partial charge in [-0.1, -0.05) is 90.5 Å². The molecule has 2 N–H and O–H groups in total. The molecule has 0 saturated carbocycles. The van der Waals surface area contributed by atoms with E-state index >= 15 is 0 Å². The first-order valence-corrected chi connectivity index (χ1v) is 12.0. The Balaban J connectivity index is 1.74. The molecule has 4 nitrogen and oxygen atoms in total. The lowest BCUT2D eigenvalue weighted by Gasteiger charge is -2.44. The van der Waals surface area contributed by atoms with Crippen LogP contribution in [-0.2, 0) is 0 Å². The monoisotopic (exact) mass is 471 g/mol. The molecule has 1 heterocycles. The molecule has 0 saturated heterocycles. The Morgan fingerprint density at radius 3 is 1.69 bits per heavy atom. The van der Waals surface area contributed by atoms with Crippen LogP contribution >= 0.6 is 0 Å². The number of hydrogen-bond donors (Lipinski definition) is 2. The van der Waals surface area contributed by atoms with Crippen molar-refractivity contribution in [2.75, 3.05) is 0 Å². The smallest absolute Gasteiger partial charge is 0.255 e. The van der Waals surface area contributed by atoms with Gasteiger partial charge in [-0.3, -0.25) is 4.79 Å². The minimum absolute atomic E-state index is 0.0942. The quantitative estimate of drug-likeness (QED) is 0.301. The average molecular weight is 472 g/mol. The van der Waals surface area contributed by atoms with E-state index in [9.17, 15) is 15.0 Å². The first kappa shape index (κ1) is 21.9. The summed E-state index contributed by atoms with van der Waals surface area (Å²) in [7, 11) is 0. The van der Waals surface area contributed by atoms with Crippen LogP contribution in [0.3, 0.4) is 0 Å². The fraction of sp³-hybridized carbons (Fsp3) is 0.0938. The Morgan fingerprint density at radius 1 is 0.667 bits per heavy atom. The second-order valence-electron chi connectivity index (χ2n) is 9.30. The van der Waals surface area contributed by atoms with E-state index in [4.69, 9.17) is 0 Å². The number of aryl methyl sites for hydroxylation is 1. The molecule has 0 aromatic heterocycles. The summed E-state index contributed by atoms with van der Waals surface area (Å²) < 4.78 is 0. The lowest BCUT2D eigenvalue weighted by Crippen LogP contribution is -2.42. The summed E-state index contributed by atoms with van der Waals surface area (Å²) in [6.45, 7) is 1.96. The molecule has 5 aromatic rings. The third-order valence-corrected chi connectivity index (χ3v) is 7.05. The highest BCUT2D eigenvalue weighted by atomic mass is 16.3. The van der Waals surface area contributed by atoms with Gasteiger partial charge in [0.1, 0.15) is 11.5 Å². The number of aromatic hydroxyl groups is 2. The van der Waals surface area contributed by atoms with Crippen LogP contribution in [0.25, 0.3) is 10.8 Å². The lowest BCUT2D eigenvalue weighted by atomic mass is 9.79. The number of hydrogen-bond acceptors (Lipinski definition) is 3. The second kappa shape index (κ2) is 8.58. The molecule has 176 valence electrons. The predicted molar refractivity (Wildman–Crippen MR) is 141 cm³/mol. The minimum Gasteiger partial charge on any atom is -0.508 e. The third kappa shape index (κ3) is 3.42. The van der Waals surface area contributed by atoms with Crippen LogP contribution in [0.1, 0.15) is 50.3 Å². The van der Waals surface area contributed by atoms with Crippen molar-refractivity contribution in [1.82, 2.24) is 4.90 Å². The van der Waals surface area contributed by atoms with Gasteiger partial charge in [0.05, 0.1) is 12.1 Å². The van der Waals surface area contributed by atoms with Crippen LogP contribution in [-0.4, -0.2) is 21.0 Å². The molecule has 36 heavy (non-hydrogen) atoms. The van der Waals surface area contributed by atoms with E-state index in [-0.39, 0.29) is 17.4 Å². The van der Waals surface area contributed by atoms with Gasteiger partial charge >= 0.3 is 0 Å². The van der Waals surface area contributed by atoms with Gasteiger partial charge in [0.25, 0.3) is 5.91 Å². The average Bonchev–Trinajstić information content (AvgIpc) is 2.91. The van der Waals surface area contributed by atoms with Crippen LogP contribution in [0.2, 0.25) is 0 Å². The molecular weight excluding hydrogens is 446 g/mol. The van der Waals surface area contributed by atoms with Crippen LogP contribution < -0.4 is 0 Å².